The number of hydrogen-bond donors (Lipinski definition) is 1. The lowest BCUT2D eigenvalue weighted by Crippen LogP contribution is -2.29. The number of amides is 1. The number of likely N-dealkylation sites (tertiary alicyclic amines) is 1. The minimum absolute atomic E-state index is 0.0330. The second-order valence-electron chi connectivity index (χ2n) is 5.63. The van der Waals surface area contributed by atoms with Crippen molar-refractivity contribution in [3.8, 4) is 0 Å². The van der Waals surface area contributed by atoms with Gasteiger partial charge in [0.15, 0.2) is 0 Å². The van der Waals surface area contributed by atoms with Crippen molar-refractivity contribution >= 4 is 23.3 Å². The Labute approximate surface area is 125 Å². The van der Waals surface area contributed by atoms with Gasteiger partial charge < -0.3 is 10.2 Å². The van der Waals surface area contributed by atoms with Gasteiger partial charge in [-0.05, 0) is 31.2 Å². The molecule has 5 heteroatoms. The van der Waals surface area contributed by atoms with E-state index in [-0.39, 0.29) is 5.91 Å². The average molecular weight is 296 g/mol. The van der Waals surface area contributed by atoms with E-state index in [4.69, 9.17) is 11.6 Å². The molecule has 1 saturated heterocycles. The van der Waals surface area contributed by atoms with Crippen molar-refractivity contribution in [2.75, 3.05) is 25.0 Å². The molecule has 1 amide bonds. The quantitative estimate of drug-likeness (QED) is 0.927. The maximum absolute atomic E-state index is 12.4. The SMILES string of the molecule is CCNc1ncc(C(=O)N2CCC(C(C)C)C2)cc1Cl. The van der Waals surface area contributed by atoms with E-state index >= 15 is 0 Å². The molecule has 0 aliphatic carbocycles. The lowest BCUT2D eigenvalue weighted by Gasteiger charge is -2.18. The van der Waals surface area contributed by atoms with E-state index in [2.05, 4.69) is 24.1 Å². The summed E-state index contributed by atoms with van der Waals surface area (Å²) in [6.07, 6.45) is 2.69. The minimum atomic E-state index is 0.0330. The molecule has 1 unspecified atom stereocenters. The van der Waals surface area contributed by atoms with E-state index < -0.39 is 0 Å². The van der Waals surface area contributed by atoms with Crippen LogP contribution in [0.4, 0.5) is 5.82 Å². The number of nitrogens with zero attached hydrogens (tertiary/aromatic N) is 2. The number of aromatic nitrogens is 1. The molecule has 20 heavy (non-hydrogen) atoms. The van der Waals surface area contributed by atoms with Crippen molar-refractivity contribution in [3.63, 3.8) is 0 Å². The van der Waals surface area contributed by atoms with Crippen molar-refractivity contribution < 1.29 is 4.79 Å². The molecule has 2 heterocycles. The van der Waals surface area contributed by atoms with Gasteiger partial charge in [0, 0.05) is 25.8 Å². The van der Waals surface area contributed by atoms with Crippen molar-refractivity contribution in [1.29, 1.82) is 0 Å². The van der Waals surface area contributed by atoms with Crippen LogP contribution in [0.15, 0.2) is 12.3 Å². The third-order valence-corrected chi connectivity index (χ3v) is 4.18. The van der Waals surface area contributed by atoms with Gasteiger partial charge in [0.1, 0.15) is 5.82 Å². The Morgan fingerprint density at radius 3 is 2.90 bits per heavy atom. The summed E-state index contributed by atoms with van der Waals surface area (Å²) < 4.78 is 0. The van der Waals surface area contributed by atoms with Crippen LogP contribution in [0.3, 0.4) is 0 Å². The summed E-state index contributed by atoms with van der Waals surface area (Å²) in [6.45, 7) is 8.82. The van der Waals surface area contributed by atoms with Crippen LogP contribution in [0.1, 0.15) is 37.6 Å². The summed E-state index contributed by atoms with van der Waals surface area (Å²) in [6, 6.07) is 1.71. The van der Waals surface area contributed by atoms with Crippen LogP contribution < -0.4 is 5.32 Å². The van der Waals surface area contributed by atoms with Gasteiger partial charge in [0.2, 0.25) is 0 Å². The second-order valence-corrected chi connectivity index (χ2v) is 6.04. The van der Waals surface area contributed by atoms with Crippen LogP contribution in [0, 0.1) is 11.8 Å². The van der Waals surface area contributed by atoms with Crippen LogP contribution in [0.2, 0.25) is 5.02 Å². The van der Waals surface area contributed by atoms with Crippen LogP contribution in [0.25, 0.3) is 0 Å². The Balaban J connectivity index is 2.08. The van der Waals surface area contributed by atoms with E-state index in [1.807, 2.05) is 11.8 Å². The van der Waals surface area contributed by atoms with Gasteiger partial charge in [0.25, 0.3) is 5.91 Å². The Kier molecular flexibility index (Phi) is 4.86. The first-order chi connectivity index (χ1) is 9.52. The molecular formula is C15H22ClN3O. The molecule has 0 aromatic carbocycles. The van der Waals surface area contributed by atoms with Crippen LogP contribution in [-0.2, 0) is 0 Å². The van der Waals surface area contributed by atoms with Crippen LogP contribution >= 0.6 is 11.6 Å². The monoisotopic (exact) mass is 295 g/mol. The fraction of sp³-hybridized carbons (Fsp3) is 0.600. The normalized spacial score (nSPS) is 18.6. The zero-order valence-corrected chi connectivity index (χ0v) is 13.1. The maximum atomic E-state index is 12.4. The first-order valence-electron chi connectivity index (χ1n) is 7.21. The summed E-state index contributed by atoms with van der Waals surface area (Å²) in [7, 11) is 0. The Hall–Kier alpha value is -1.29. The summed E-state index contributed by atoms with van der Waals surface area (Å²) in [5, 5.41) is 3.56. The molecule has 1 fully saturated rings. The molecule has 2 rings (SSSR count). The highest BCUT2D eigenvalue weighted by Gasteiger charge is 2.28. The lowest BCUT2D eigenvalue weighted by atomic mass is 9.95. The number of carbonyl (C=O) groups is 1. The molecule has 1 N–H and O–H groups in total. The summed E-state index contributed by atoms with van der Waals surface area (Å²) in [5.41, 5.74) is 0.570. The van der Waals surface area contributed by atoms with E-state index in [1.165, 1.54) is 0 Å². The second kappa shape index (κ2) is 6.44. The molecule has 1 aliphatic heterocycles. The van der Waals surface area contributed by atoms with E-state index in [1.54, 1.807) is 12.3 Å². The van der Waals surface area contributed by atoms with Gasteiger partial charge in [-0.3, -0.25) is 4.79 Å². The fourth-order valence-electron chi connectivity index (χ4n) is 2.55. The first-order valence-corrected chi connectivity index (χ1v) is 7.59. The fourth-order valence-corrected chi connectivity index (χ4v) is 2.78. The molecule has 4 nitrogen and oxygen atoms in total. The number of halogens is 1. The smallest absolute Gasteiger partial charge is 0.255 e. The van der Waals surface area contributed by atoms with Gasteiger partial charge in [-0.2, -0.15) is 0 Å². The van der Waals surface area contributed by atoms with Gasteiger partial charge >= 0.3 is 0 Å². The first kappa shape index (κ1) is 15.1. The molecule has 110 valence electrons. The van der Waals surface area contributed by atoms with Gasteiger partial charge in [0.05, 0.1) is 10.6 Å². The molecule has 0 spiro atoms. The zero-order valence-electron chi connectivity index (χ0n) is 12.3. The summed E-state index contributed by atoms with van der Waals surface area (Å²) in [5.74, 6) is 1.88. The molecule has 1 atom stereocenters. The molecule has 1 aliphatic rings. The number of rotatable bonds is 4. The van der Waals surface area contributed by atoms with Crippen LogP contribution in [-0.4, -0.2) is 35.4 Å². The Morgan fingerprint density at radius 2 is 2.35 bits per heavy atom. The molecule has 1 aromatic rings. The number of carbonyl (C=O) groups excluding carboxylic acids is 1. The predicted octanol–water partition coefficient (Wildman–Crippen LogP) is 3.28. The van der Waals surface area contributed by atoms with Gasteiger partial charge in [-0.25, -0.2) is 4.98 Å². The average Bonchev–Trinajstić information content (AvgIpc) is 2.90. The molecule has 0 bridgehead atoms. The maximum Gasteiger partial charge on any atom is 0.255 e. The number of hydrogen-bond acceptors (Lipinski definition) is 3. The lowest BCUT2D eigenvalue weighted by molar-refractivity contribution is 0.0783. The van der Waals surface area contributed by atoms with E-state index in [0.717, 1.165) is 26.1 Å². The van der Waals surface area contributed by atoms with Crippen molar-refractivity contribution in [2.45, 2.75) is 27.2 Å². The molecule has 1 aromatic heterocycles. The summed E-state index contributed by atoms with van der Waals surface area (Å²) in [4.78, 5) is 18.6. The molecule has 0 radical (unpaired) electrons. The topological polar surface area (TPSA) is 45.2 Å². The molecule has 0 saturated carbocycles. The van der Waals surface area contributed by atoms with E-state index in [9.17, 15) is 4.79 Å². The summed E-state index contributed by atoms with van der Waals surface area (Å²) >= 11 is 6.14. The van der Waals surface area contributed by atoms with E-state index in [0.29, 0.717) is 28.2 Å². The standard InChI is InChI=1S/C15H22ClN3O/c1-4-17-14-13(16)7-12(8-18-14)15(20)19-6-5-11(9-19)10(2)3/h7-8,10-11H,4-6,9H2,1-3H3,(H,17,18). The minimum Gasteiger partial charge on any atom is -0.369 e. The number of anilines is 1. The third kappa shape index (κ3) is 3.23. The largest absolute Gasteiger partial charge is 0.369 e. The highest BCUT2D eigenvalue weighted by molar-refractivity contribution is 6.33. The van der Waals surface area contributed by atoms with Crippen molar-refractivity contribution in [1.82, 2.24) is 9.88 Å². The number of nitrogens with one attached hydrogen (secondary N) is 1. The highest BCUT2D eigenvalue weighted by Crippen LogP contribution is 2.26. The van der Waals surface area contributed by atoms with Crippen LogP contribution in [0.5, 0.6) is 0 Å². The third-order valence-electron chi connectivity index (χ3n) is 3.89. The van der Waals surface area contributed by atoms with Gasteiger partial charge in [-0.15, -0.1) is 0 Å². The zero-order chi connectivity index (χ0) is 14.7. The molecular weight excluding hydrogens is 274 g/mol. The number of pyridine rings is 1. The van der Waals surface area contributed by atoms with Gasteiger partial charge in [-0.1, -0.05) is 25.4 Å². The highest BCUT2D eigenvalue weighted by atomic mass is 35.5. The van der Waals surface area contributed by atoms with Crippen molar-refractivity contribution in [2.24, 2.45) is 11.8 Å². The Bertz CT molecular complexity index is 490. The Morgan fingerprint density at radius 1 is 1.60 bits per heavy atom. The predicted molar refractivity (Wildman–Crippen MR) is 82.3 cm³/mol. The van der Waals surface area contributed by atoms with Crippen molar-refractivity contribution in [3.05, 3.63) is 22.8 Å².